The second-order valence-corrected chi connectivity index (χ2v) is 6.18. The predicted octanol–water partition coefficient (Wildman–Crippen LogP) is 5.23. The highest BCUT2D eigenvalue weighted by Gasteiger charge is 2.16. The van der Waals surface area contributed by atoms with E-state index in [1.807, 2.05) is 73.7 Å². The number of nitrogens with one attached hydrogen (secondary N) is 1. The number of hydrogen-bond donors (Lipinski definition) is 2. The smallest absolute Gasteiger partial charge is 0.135 e. The fraction of sp³-hybridized carbons (Fsp3) is 0.200. The van der Waals surface area contributed by atoms with Gasteiger partial charge in [0.25, 0.3) is 0 Å². The summed E-state index contributed by atoms with van der Waals surface area (Å²) in [7, 11) is 0. The van der Waals surface area contributed by atoms with E-state index in [-0.39, 0.29) is 18.4 Å². The summed E-state index contributed by atoms with van der Waals surface area (Å²) >= 11 is 6.20. The Kier molecular flexibility index (Phi) is 7.09. The average Bonchev–Trinajstić information content (AvgIpc) is 3.09. The summed E-state index contributed by atoms with van der Waals surface area (Å²) in [6.45, 7) is 2.49. The topological polar surface area (TPSA) is 45.4 Å². The SMILES string of the molecule is CC(NCc1ccc(-c2ccccc2Cl)o1)C(O)c1ccccc1.Cl. The van der Waals surface area contributed by atoms with Crippen LogP contribution in [0.1, 0.15) is 24.4 Å². The van der Waals surface area contributed by atoms with Crippen LogP contribution in [0.2, 0.25) is 5.02 Å². The van der Waals surface area contributed by atoms with Gasteiger partial charge in [0.15, 0.2) is 0 Å². The van der Waals surface area contributed by atoms with Crippen molar-refractivity contribution in [2.45, 2.75) is 25.6 Å². The zero-order valence-corrected chi connectivity index (χ0v) is 15.4. The molecule has 0 amide bonds. The van der Waals surface area contributed by atoms with Gasteiger partial charge in [-0.1, -0.05) is 54.1 Å². The van der Waals surface area contributed by atoms with Crippen LogP contribution in [0.25, 0.3) is 11.3 Å². The third-order valence-corrected chi connectivity index (χ3v) is 4.34. The van der Waals surface area contributed by atoms with Crippen LogP contribution in [0, 0.1) is 0 Å². The highest BCUT2D eigenvalue weighted by Crippen LogP contribution is 2.29. The van der Waals surface area contributed by atoms with Gasteiger partial charge in [0.2, 0.25) is 0 Å². The summed E-state index contributed by atoms with van der Waals surface area (Å²) in [5.41, 5.74) is 1.77. The standard InChI is InChI=1S/C20H20ClNO2.ClH/c1-14(20(23)15-7-3-2-4-8-15)22-13-16-11-12-19(24-16)17-9-5-6-10-18(17)21;/h2-12,14,20,22-23H,13H2,1H3;1H. The van der Waals surface area contributed by atoms with Gasteiger partial charge in [-0.05, 0) is 36.8 Å². The van der Waals surface area contributed by atoms with Crippen molar-refractivity contribution in [3.8, 4) is 11.3 Å². The van der Waals surface area contributed by atoms with Crippen molar-refractivity contribution in [3.05, 3.63) is 83.1 Å². The minimum Gasteiger partial charge on any atom is -0.460 e. The second kappa shape index (κ2) is 9.07. The van der Waals surface area contributed by atoms with Crippen molar-refractivity contribution >= 4 is 24.0 Å². The maximum atomic E-state index is 10.4. The van der Waals surface area contributed by atoms with E-state index >= 15 is 0 Å². The third-order valence-electron chi connectivity index (χ3n) is 4.01. The number of rotatable bonds is 6. The molecule has 2 N–H and O–H groups in total. The van der Waals surface area contributed by atoms with Crippen LogP contribution >= 0.6 is 24.0 Å². The van der Waals surface area contributed by atoms with E-state index in [9.17, 15) is 5.11 Å². The van der Waals surface area contributed by atoms with E-state index in [1.165, 1.54) is 0 Å². The number of aliphatic hydroxyl groups is 1. The Bertz CT molecular complexity index is 789. The molecule has 0 saturated carbocycles. The molecule has 0 bridgehead atoms. The van der Waals surface area contributed by atoms with Gasteiger partial charge >= 0.3 is 0 Å². The van der Waals surface area contributed by atoms with Gasteiger partial charge in [-0.2, -0.15) is 0 Å². The molecule has 0 radical (unpaired) electrons. The van der Waals surface area contributed by atoms with Crippen molar-refractivity contribution in [1.82, 2.24) is 5.32 Å². The number of benzene rings is 2. The maximum Gasteiger partial charge on any atom is 0.135 e. The van der Waals surface area contributed by atoms with Crippen molar-refractivity contribution < 1.29 is 9.52 Å². The van der Waals surface area contributed by atoms with Crippen molar-refractivity contribution in [1.29, 1.82) is 0 Å². The first-order valence-electron chi connectivity index (χ1n) is 7.95. The second-order valence-electron chi connectivity index (χ2n) is 5.77. The molecule has 2 aromatic carbocycles. The molecule has 1 aromatic heterocycles. The van der Waals surface area contributed by atoms with E-state index in [2.05, 4.69) is 5.32 Å². The summed E-state index contributed by atoms with van der Waals surface area (Å²) in [5.74, 6) is 1.55. The summed E-state index contributed by atoms with van der Waals surface area (Å²) in [6, 6.07) is 21.0. The van der Waals surface area contributed by atoms with Gasteiger partial charge in [0.1, 0.15) is 11.5 Å². The van der Waals surface area contributed by atoms with Gasteiger partial charge < -0.3 is 14.8 Å². The summed E-state index contributed by atoms with van der Waals surface area (Å²) < 4.78 is 5.86. The van der Waals surface area contributed by atoms with E-state index in [4.69, 9.17) is 16.0 Å². The van der Waals surface area contributed by atoms with Crippen LogP contribution in [-0.4, -0.2) is 11.1 Å². The molecule has 5 heteroatoms. The highest BCUT2D eigenvalue weighted by molar-refractivity contribution is 6.33. The normalized spacial score (nSPS) is 13.1. The summed E-state index contributed by atoms with van der Waals surface area (Å²) in [6.07, 6.45) is -0.566. The summed E-state index contributed by atoms with van der Waals surface area (Å²) in [5, 5.41) is 14.3. The van der Waals surface area contributed by atoms with Gasteiger partial charge in [-0.25, -0.2) is 0 Å². The molecule has 3 aromatic rings. The molecule has 3 nitrogen and oxygen atoms in total. The van der Waals surface area contributed by atoms with E-state index in [1.54, 1.807) is 0 Å². The molecular formula is C20H21Cl2NO2. The number of halogens is 2. The molecule has 0 fully saturated rings. The lowest BCUT2D eigenvalue weighted by Crippen LogP contribution is -2.31. The molecule has 0 aliphatic heterocycles. The highest BCUT2D eigenvalue weighted by atomic mass is 35.5. The Balaban J connectivity index is 0.00000225. The Morgan fingerprint density at radius 3 is 2.40 bits per heavy atom. The molecule has 3 rings (SSSR count). The molecule has 132 valence electrons. The Labute approximate surface area is 159 Å². The first-order chi connectivity index (χ1) is 11.6. The van der Waals surface area contributed by atoms with Crippen LogP contribution in [0.5, 0.6) is 0 Å². The predicted molar refractivity (Wildman–Crippen MR) is 104 cm³/mol. The molecular weight excluding hydrogens is 357 g/mol. The molecule has 1 heterocycles. The largest absolute Gasteiger partial charge is 0.460 e. The van der Waals surface area contributed by atoms with E-state index in [0.717, 1.165) is 22.6 Å². The van der Waals surface area contributed by atoms with Crippen molar-refractivity contribution in [2.75, 3.05) is 0 Å². The van der Waals surface area contributed by atoms with Gasteiger partial charge in [0.05, 0.1) is 17.7 Å². The van der Waals surface area contributed by atoms with E-state index < -0.39 is 6.10 Å². The minimum atomic E-state index is -0.566. The molecule has 0 saturated heterocycles. The molecule has 0 aliphatic carbocycles. The van der Waals surface area contributed by atoms with Crippen LogP contribution < -0.4 is 5.32 Å². The lowest BCUT2D eigenvalue weighted by molar-refractivity contribution is 0.134. The van der Waals surface area contributed by atoms with Gasteiger partial charge in [-0.3, -0.25) is 0 Å². The molecule has 2 atom stereocenters. The third kappa shape index (κ3) is 4.86. The van der Waals surface area contributed by atoms with E-state index in [0.29, 0.717) is 11.6 Å². The Morgan fingerprint density at radius 2 is 1.68 bits per heavy atom. The fourth-order valence-electron chi connectivity index (χ4n) is 2.59. The van der Waals surface area contributed by atoms with Crippen LogP contribution in [0.15, 0.2) is 71.1 Å². The average molecular weight is 378 g/mol. The molecule has 25 heavy (non-hydrogen) atoms. The Morgan fingerprint density at radius 1 is 1.00 bits per heavy atom. The minimum absolute atomic E-state index is 0. The lowest BCUT2D eigenvalue weighted by atomic mass is 10.0. The number of furan rings is 1. The molecule has 2 unspecified atom stereocenters. The molecule has 0 spiro atoms. The van der Waals surface area contributed by atoms with Gasteiger partial charge in [0, 0.05) is 11.6 Å². The van der Waals surface area contributed by atoms with Crippen LogP contribution in [-0.2, 0) is 6.54 Å². The quantitative estimate of drug-likeness (QED) is 0.617. The number of aliphatic hydroxyl groups excluding tert-OH is 1. The first kappa shape index (κ1) is 19.5. The monoisotopic (exact) mass is 377 g/mol. The summed E-state index contributed by atoms with van der Waals surface area (Å²) in [4.78, 5) is 0. The first-order valence-corrected chi connectivity index (χ1v) is 8.33. The van der Waals surface area contributed by atoms with Crippen molar-refractivity contribution in [3.63, 3.8) is 0 Å². The zero-order chi connectivity index (χ0) is 16.9. The maximum absolute atomic E-state index is 10.4. The van der Waals surface area contributed by atoms with Gasteiger partial charge in [-0.15, -0.1) is 12.4 Å². The fourth-order valence-corrected chi connectivity index (χ4v) is 2.82. The van der Waals surface area contributed by atoms with Crippen molar-refractivity contribution in [2.24, 2.45) is 0 Å². The van der Waals surface area contributed by atoms with Crippen LogP contribution in [0.4, 0.5) is 0 Å². The van der Waals surface area contributed by atoms with Crippen LogP contribution in [0.3, 0.4) is 0 Å². The number of hydrogen-bond acceptors (Lipinski definition) is 3. The Hall–Kier alpha value is -1.78. The molecule has 0 aliphatic rings. The zero-order valence-electron chi connectivity index (χ0n) is 13.9. The lowest BCUT2D eigenvalue weighted by Gasteiger charge is -2.20.